The van der Waals surface area contributed by atoms with Gasteiger partial charge in [0, 0.05) is 26.1 Å². The molecule has 0 radical (unpaired) electrons. The molecule has 1 aliphatic heterocycles. The molecule has 2 rings (SSSR count). The first-order valence-corrected chi connectivity index (χ1v) is 12.4. The predicted molar refractivity (Wildman–Crippen MR) is 122 cm³/mol. The van der Waals surface area contributed by atoms with E-state index < -0.39 is 8.60 Å². The summed E-state index contributed by atoms with van der Waals surface area (Å²) in [5, 5.41) is 3.00. The van der Waals surface area contributed by atoms with Crippen molar-refractivity contribution in [2.24, 2.45) is 5.92 Å². The Morgan fingerprint density at radius 2 is 1.87 bits per heavy atom. The molecule has 2 amide bonds. The van der Waals surface area contributed by atoms with Crippen molar-refractivity contribution in [2.75, 3.05) is 19.6 Å². The van der Waals surface area contributed by atoms with E-state index in [4.69, 9.17) is 14.3 Å². The second-order valence-corrected chi connectivity index (χ2v) is 9.49. The van der Waals surface area contributed by atoms with Crippen molar-refractivity contribution in [3.05, 3.63) is 35.4 Å². The minimum atomic E-state index is -2.37. The van der Waals surface area contributed by atoms with E-state index in [0.29, 0.717) is 38.4 Å². The van der Waals surface area contributed by atoms with Gasteiger partial charge in [0.2, 0.25) is 11.8 Å². The number of hydrogen-bond donors (Lipinski definition) is 3. The summed E-state index contributed by atoms with van der Waals surface area (Å²) in [6.45, 7) is 7.95. The van der Waals surface area contributed by atoms with E-state index >= 15 is 0 Å². The number of nitrogens with zero attached hydrogens (tertiary/aromatic N) is 1. The van der Waals surface area contributed by atoms with Crippen LogP contribution in [0.15, 0.2) is 24.3 Å². The minimum Gasteiger partial charge on any atom is -0.356 e. The second kappa shape index (κ2) is 13.1. The summed E-state index contributed by atoms with van der Waals surface area (Å²) in [5.41, 5.74) is 2.32. The zero-order valence-corrected chi connectivity index (χ0v) is 19.8. The third kappa shape index (κ3) is 9.24. The zero-order valence-electron chi connectivity index (χ0n) is 18.9. The number of amides is 2. The highest BCUT2D eigenvalue weighted by Crippen LogP contribution is 2.30. The maximum Gasteiger partial charge on any atom is 0.327 e. The number of nitrogens with one attached hydrogen (secondary N) is 1. The standard InChI is InChI=1S/C23H37N2O5P/c1-17(2)15-19-8-10-20(11-9-19)18(3)23(27)24-13-6-4-5-7-22(26)25-14-12-21(16-25)30-31(28)29/h8-11,17-18,21,28-29H,4-7,12-16H2,1-3H3,(H,24,27). The number of rotatable bonds is 12. The quantitative estimate of drug-likeness (QED) is 0.333. The van der Waals surface area contributed by atoms with Gasteiger partial charge in [-0.3, -0.25) is 9.59 Å². The maximum atomic E-state index is 12.4. The van der Waals surface area contributed by atoms with Crippen molar-refractivity contribution < 1.29 is 23.9 Å². The number of benzene rings is 1. The molecule has 0 aromatic heterocycles. The van der Waals surface area contributed by atoms with Gasteiger partial charge in [-0.05, 0) is 49.7 Å². The Balaban J connectivity index is 1.59. The molecule has 1 aromatic carbocycles. The van der Waals surface area contributed by atoms with Crippen LogP contribution in [0.3, 0.4) is 0 Å². The van der Waals surface area contributed by atoms with Crippen LogP contribution in [0, 0.1) is 5.92 Å². The summed E-state index contributed by atoms with van der Waals surface area (Å²) < 4.78 is 4.99. The van der Waals surface area contributed by atoms with Crippen molar-refractivity contribution >= 4 is 20.4 Å². The molecule has 0 bridgehead atoms. The molecule has 1 fully saturated rings. The molecular formula is C23H37N2O5P. The number of hydrogen-bond acceptors (Lipinski definition) is 5. The third-order valence-electron chi connectivity index (χ3n) is 5.62. The molecule has 1 saturated heterocycles. The number of carbonyl (C=O) groups excluding carboxylic acids is 2. The van der Waals surface area contributed by atoms with Gasteiger partial charge in [0.25, 0.3) is 0 Å². The van der Waals surface area contributed by atoms with Crippen molar-refractivity contribution in [3.63, 3.8) is 0 Å². The van der Waals surface area contributed by atoms with Crippen molar-refractivity contribution in [2.45, 2.75) is 71.3 Å². The van der Waals surface area contributed by atoms with Crippen molar-refractivity contribution in [1.29, 1.82) is 0 Å². The Kier molecular flexibility index (Phi) is 10.9. The van der Waals surface area contributed by atoms with E-state index in [2.05, 4.69) is 31.3 Å². The first-order valence-electron chi connectivity index (χ1n) is 11.2. The average molecular weight is 453 g/mol. The van der Waals surface area contributed by atoms with Gasteiger partial charge in [0.05, 0.1) is 12.0 Å². The Hall–Kier alpha value is -1.53. The Labute approximate surface area is 187 Å². The van der Waals surface area contributed by atoms with Gasteiger partial charge in [-0.25, -0.2) is 0 Å². The molecule has 0 spiro atoms. The molecule has 0 aliphatic carbocycles. The van der Waals surface area contributed by atoms with E-state index in [9.17, 15) is 9.59 Å². The van der Waals surface area contributed by atoms with E-state index in [0.717, 1.165) is 31.2 Å². The van der Waals surface area contributed by atoms with Crippen molar-refractivity contribution in [3.8, 4) is 0 Å². The molecule has 8 heteroatoms. The van der Waals surface area contributed by atoms with Crippen LogP contribution in [0.5, 0.6) is 0 Å². The summed E-state index contributed by atoms with van der Waals surface area (Å²) >= 11 is 0. The van der Waals surface area contributed by atoms with Crippen LogP contribution >= 0.6 is 8.60 Å². The molecule has 0 saturated carbocycles. The SMILES string of the molecule is CC(C)Cc1ccc(C(C)C(=O)NCCCCCC(=O)N2CCC(OP(O)O)C2)cc1. The lowest BCUT2D eigenvalue weighted by Gasteiger charge is -2.17. The molecule has 1 aliphatic rings. The molecular weight excluding hydrogens is 415 g/mol. The van der Waals surface area contributed by atoms with E-state index in [1.54, 1.807) is 4.90 Å². The van der Waals surface area contributed by atoms with Gasteiger partial charge >= 0.3 is 8.60 Å². The molecule has 31 heavy (non-hydrogen) atoms. The number of unbranched alkanes of at least 4 members (excludes halogenated alkanes) is 2. The van der Waals surface area contributed by atoms with Crippen LogP contribution in [0.1, 0.15) is 69.9 Å². The molecule has 2 unspecified atom stereocenters. The molecule has 174 valence electrons. The van der Waals surface area contributed by atoms with E-state index in [-0.39, 0.29) is 23.8 Å². The lowest BCUT2D eigenvalue weighted by Crippen LogP contribution is -2.30. The average Bonchev–Trinajstić information content (AvgIpc) is 3.17. The molecule has 1 heterocycles. The normalized spacial score (nSPS) is 17.4. The monoisotopic (exact) mass is 452 g/mol. The topological polar surface area (TPSA) is 99.1 Å². The summed E-state index contributed by atoms with van der Waals surface area (Å²) in [6, 6.07) is 8.31. The van der Waals surface area contributed by atoms with Crippen LogP contribution in [0.2, 0.25) is 0 Å². The van der Waals surface area contributed by atoms with Crippen LogP contribution < -0.4 is 5.32 Å². The fourth-order valence-electron chi connectivity index (χ4n) is 3.84. The van der Waals surface area contributed by atoms with Crippen LogP contribution in [-0.4, -0.2) is 52.2 Å². The summed E-state index contributed by atoms with van der Waals surface area (Å²) in [5.74, 6) is 0.538. The Morgan fingerprint density at radius 3 is 2.52 bits per heavy atom. The van der Waals surface area contributed by atoms with Gasteiger partial charge in [-0.1, -0.05) is 44.5 Å². The third-order valence-corrected chi connectivity index (χ3v) is 6.11. The highest BCUT2D eigenvalue weighted by Gasteiger charge is 2.28. The molecule has 7 nitrogen and oxygen atoms in total. The Bertz CT molecular complexity index is 696. The molecule has 1 aromatic rings. The first kappa shape index (κ1) is 25.7. The fraction of sp³-hybridized carbons (Fsp3) is 0.652. The van der Waals surface area contributed by atoms with Crippen LogP contribution in [-0.2, 0) is 20.5 Å². The van der Waals surface area contributed by atoms with E-state index in [1.165, 1.54) is 5.56 Å². The largest absolute Gasteiger partial charge is 0.356 e. The van der Waals surface area contributed by atoms with Crippen LogP contribution in [0.4, 0.5) is 0 Å². The Morgan fingerprint density at radius 1 is 1.16 bits per heavy atom. The second-order valence-electron chi connectivity index (χ2n) is 8.77. The number of carbonyl (C=O) groups is 2. The maximum absolute atomic E-state index is 12.4. The van der Waals surface area contributed by atoms with Gasteiger partial charge in [-0.2, -0.15) is 0 Å². The highest BCUT2D eigenvalue weighted by atomic mass is 31.2. The predicted octanol–water partition coefficient (Wildman–Crippen LogP) is 3.49. The highest BCUT2D eigenvalue weighted by molar-refractivity contribution is 7.39. The first-order chi connectivity index (χ1) is 14.8. The van der Waals surface area contributed by atoms with Crippen LogP contribution in [0.25, 0.3) is 0 Å². The van der Waals surface area contributed by atoms with Gasteiger partial charge in [0.1, 0.15) is 0 Å². The molecule has 2 atom stereocenters. The van der Waals surface area contributed by atoms with Gasteiger partial charge in [0.15, 0.2) is 0 Å². The number of likely N-dealkylation sites (tertiary alicyclic amines) is 1. The smallest absolute Gasteiger partial charge is 0.327 e. The van der Waals surface area contributed by atoms with Crippen molar-refractivity contribution in [1.82, 2.24) is 10.2 Å². The summed E-state index contributed by atoms with van der Waals surface area (Å²) in [4.78, 5) is 44.2. The van der Waals surface area contributed by atoms with Gasteiger partial charge < -0.3 is 24.5 Å². The minimum absolute atomic E-state index is 0.0310. The fourth-order valence-corrected chi connectivity index (χ4v) is 4.28. The van der Waals surface area contributed by atoms with Gasteiger partial charge in [-0.15, -0.1) is 0 Å². The van der Waals surface area contributed by atoms with E-state index in [1.807, 2.05) is 19.1 Å². The summed E-state index contributed by atoms with van der Waals surface area (Å²) in [7, 11) is -2.37. The zero-order chi connectivity index (χ0) is 22.8. The molecule has 3 N–H and O–H groups in total. The lowest BCUT2D eigenvalue weighted by atomic mass is 9.96. The lowest BCUT2D eigenvalue weighted by molar-refractivity contribution is -0.130. The summed E-state index contributed by atoms with van der Waals surface area (Å²) in [6.07, 6.45) is 4.34.